The molecule has 3 nitrogen and oxygen atoms in total. The molecule has 0 bridgehead atoms. The molecule has 20 heavy (non-hydrogen) atoms. The van der Waals surface area contributed by atoms with Gasteiger partial charge in [-0.1, -0.05) is 27.7 Å². The van der Waals surface area contributed by atoms with Crippen LogP contribution in [0.3, 0.4) is 0 Å². The van der Waals surface area contributed by atoms with E-state index in [1.54, 1.807) is 0 Å². The Morgan fingerprint density at radius 1 is 1.20 bits per heavy atom. The number of pyridine rings is 1. The fourth-order valence-corrected chi connectivity index (χ4v) is 2.61. The number of hydrogen-bond donors (Lipinski definition) is 1. The summed E-state index contributed by atoms with van der Waals surface area (Å²) in [6, 6.07) is 5.26. The van der Waals surface area contributed by atoms with Crippen molar-refractivity contribution in [1.29, 1.82) is 0 Å². The minimum atomic E-state index is 0.368. The molecule has 0 aliphatic rings. The van der Waals surface area contributed by atoms with E-state index in [1.165, 1.54) is 12.1 Å². The zero-order chi connectivity index (χ0) is 15.1. The van der Waals surface area contributed by atoms with Gasteiger partial charge in [0, 0.05) is 19.1 Å². The lowest BCUT2D eigenvalue weighted by Crippen LogP contribution is -2.30. The second kappa shape index (κ2) is 8.25. The summed E-state index contributed by atoms with van der Waals surface area (Å²) in [4.78, 5) is 6.97. The third kappa shape index (κ3) is 4.78. The molecule has 2 atom stereocenters. The Balaban J connectivity index is 2.74. The van der Waals surface area contributed by atoms with Gasteiger partial charge in [-0.05, 0) is 44.4 Å². The van der Waals surface area contributed by atoms with Crippen molar-refractivity contribution in [2.45, 2.75) is 59.5 Å². The van der Waals surface area contributed by atoms with Gasteiger partial charge in [0.15, 0.2) is 0 Å². The normalized spacial score (nSPS) is 14.3. The molecule has 114 valence electrons. The van der Waals surface area contributed by atoms with Crippen LogP contribution < -0.4 is 10.2 Å². The molecule has 0 aromatic carbocycles. The van der Waals surface area contributed by atoms with Gasteiger partial charge >= 0.3 is 0 Å². The average Bonchev–Trinajstić information content (AvgIpc) is 2.43. The maximum absolute atomic E-state index is 4.65. The lowest BCUT2D eigenvalue weighted by molar-refractivity contribution is 0.503. The summed E-state index contributed by atoms with van der Waals surface area (Å²) in [5, 5.41) is 3.47. The van der Waals surface area contributed by atoms with Gasteiger partial charge in [-0.3, -0.25) is 4.98 Å². The fourth-order valence-electron chi connectivity index (χ4n) is 2.61. The lowest BCUT2D eigenvalue weighted by atomic mass is 10.0. The van der Waals surface area contributed by atoms with Crippen LogP contribution in [0.25, 0.3) is 0 Å². The van der Waals surface area contributed by atoms with E-state index in [-0.39, 0.29) is 0 Å². The highest BCUT2D eigenvalue weighted by atomic mass is 15.1. The van der Waals surface area contributed by atoms with Crippen LogP contribution in [0.2, 0.25) is 0 Å². The Morgan fingerprint density at radius 2 is 1.90 bits per heavy atom. The van der Waals surface area contributed by atoms with Crippen LogP contribution in [0.5, 0.6) is 0 Å². The second-order valence-electron chi connectivity index (χ2n) is 6.05. The van der Waals surface area contributed by atoms with Gasteiger partial charge in [-0.2, -0.15) is 0 Å². The van der Waals surface area contributed by atoms with Gasteiger partial charge in [0.1, 0.15) is 0 Å². The van der Waals surface area contributed by atoms with E-state index < -0.39 is 0 Å². The second-order valence-corrected chi connectivity index (χ2v) is 6.05. The van der Waals surface area contributed by atoms with Gasteiger partial charge < -0.3 is 10.2 Å². The number of hydrogen-bond acceptors (Lipinski definition) is 3. The zero-order valence-corrected chi connectivity index (χ0v) is 14.0. The first-order valence-corrected chi connectivity index (χ1v) is 7.91. The largest absolute Gasteiger partial charge is 0.371 e. The van der Waals surface area contributed by atoms with Crippen LogP contribution in [0, 0.1) is 5.92 Å². The average molecular weight is 277 g/mol. The van der Waals surface area contributed by atoms with Crippen molar-refractivity contribution in [3.05, 3.63) is 24.0 Å². The molecule has 1 aromatic rings. The molecule has 3 heteroatoms. The monoisotopic (exact) mass is 277 g/mol. The maximum atomic E-state index is 4.65. The highest BCUT2D eigenvalue weighted by Crippen LogP contribution is 2.21. The quantitative estimate of drug-likeness (QED) is 0.778. The summed E-state index contributed by atoms with van der Waals surface area (Å²) < 4.78 is 0. The minimum absolute atomic E-state index is 0.368. The molecule has 0 aliphatic carbocycles. The van der Waals surface area contributed by atoms with Gasteiger partial charge in [0.2, 0.25) is 0 Å². The number of anilines is 1. The van der Waals surface area contributed by atoms with Crippen LogP contribution in [-0.2, 0) is 0 Å². The molecule has 0 saturated carbocycles. The third-order valence-corrected chi connectivity index (χ3v) is 3.87. The van der Waals surface area contributed by atoms with E-state index in [9.17, 15) is 0 Å². The summed E-state index contributed by atoms with van der Waals surface area (Å²) in [7, 11) is 2.16. The van der Waals surface area contributed by atoms with Crippen molar-refractivity contribution in [2.75, 3.05) is 18.5 Å². The van der Waals surface area contributed by atoms with Crippen molar-refractivity contribution < 1.29 is 0 Å². The molecular weight excluding hydrogens is 246 g/mol. The molecular formula is C17H31N3. The summed E-state index contributed by atoms with van der Waals surface area (Å²) in [6.45, 7) is 12.1. The van der Waals surface area contributed by atoms with Crippen molar-refractivity contribution in [2.24, 2.45) is 5.92 Å². The lowest BCUT2D eigenvalue weighted by Gasteiger charge is -2.28. The molecule has 2 unspecified atom stereocenters. The van der Waals surface area contributed by atoms with E-state index in [0.29, 0.717) is 12.1 Å². The third-order valence-electron chi connectivity index (χ3n) is 3.87. The van der Waals surface area contributed by atoms with Crippen LogP contribution in [-0.4, -0.2) is 24.6 Å². The van der Waals surface area contributed by atoms with Gasteiger partial charge in [-0.15, -0.1) is 0 Å². The Bertz CT molecular complexity index is 372. The van der Waals surface area contributed by atoms with Crippen molar-refractivity contribution >= 4 is 5.69 Å². The molecule has 0 amide bonds. The zero-order valence-electron chi connectivity index (χ0n) is 14.0. The first-order valence-electron chi connectivity index (χ1n) is 7.91. The molecule has 1 aromatic heterocycles. The Hall–Kier alpha value is -1.09. The highest BCUT2D eigenvalue weighted by molar-refractivity contribution is 5.44. The van der Waals surface area contributed by atoms with Gasteiger partial charge in [0.25, 0.3) is 0 Å². The first kappa shape index (κ1) is 17.0. The smallest absolute Gasteiger partial charge is 0.0574 e. The van der Waals surface area contributed by atoms with E-state index in [1.807, 2.05) is 6.20 Å². The molecule has 0 spiro atoms. The summed E-state index contributed by atoms with van der Waals surface area (Å²) in [5.41, 5.74) is 2.34. The Labute approximate surface area is 124 Å². The van der Waals surface area contributed by atoms with Crippen molar-refractivity contribution in [3.63, 3.8) is 0 Å². The summed E-state index contributed by atoms with van der Waals surface area (Å²) in [6.07, 6.45) is 4.28. The van der Waals surface area contributed by atoms with Gasteiger partial charge in [0.05, 0.1) is 17.6 Å². The van der Waals surface area contributed by atoms with Crippen LogP contribution in [0.1, 0.15) is 59.2 Å². The first-order chi connectivity index (χ1) is 9.49. The standard InChI is InChI=1S/C17H31N3/c1-7-16(18-8-2)17-10-9-15(12-19-17)20(6)14(5)11-13(3)4/h9-10,12-14,16,18H,7-8,11H2,1-6H3. The molecule has 1 N–H and O–H groups in total. The number of nitrogens with zero attached hydrogens (tertiary/aromatic N) is 2. The van der Waals surface area contributed by atoms with Crippen LogP contribution >= 0.6 is 0 Å². The predicted octanol–water partition coefficient (Wildman–Crippen LogP) is 4.01. The molecule has 0 saturated heterocycles. The Kier molecular flexibility index (Phi) is 7.00. The van der Waals surface area contributed by atoms with E-state index in [0.717, 1.165) is 24.6 Å². The fraction of sp³-hybridized carbons (Fsp3) is 0.706. The van der Waals surface area contributed by atoms with Crippen LogP contribution in [0.4, 0.5) is 5.69 Å². The van der Waals surface area contributed by atoms with Gasteiger partial charge in [-0.25, -0.2) is 0 Å². The summed E-state index contributed by atoms with van der Waals surface area (Å²) >= 11 is 0. The molecule has 0 radical (unpaired) electrons. The Morgan fingerprint density at radius 3 is 2.35 bits per heavy atom. The summed E-state index contributed by atoms with van der Waals surface area (Å²) in [5.74, 6) is 0.720. The number of rotatable bonds is 8. The van der Waals surface area contributed by atoms with Crippen LogP contribution in [0.15, 0.2) is 18.3 Å². The van der Waals surface area contributed by atoms with E-state index >= 15 is 0 Å². The highest BCUT2D eigenvalue weighted by Gasteiger charge is 2.13. The molecule has 0 fully saturated rings. The predicted molar refractivity (Wildman–Crippen MR) is 88.3 cm³/mol. The van der Waals surface area contributed by atoms with E-state index in [2.05, 4.69) is 69.0 Å². The van der Waals surface area contributed by atoms with Crippen molar-refractivity contribution in [3.8, 4) is 0 Å². The molecule has 0 aliphatic heterocycles. The molecule has 1 rings (SSSR count). The maximum Gasteiger partial charge on any atom is 0.0574 e. The minimum Gasteiger partial charge on any atom is -0.371 e. The molecule has 1 heterocycles. The SMILES string of the molecule is CCNC(CC)c1ccc(N(C)C(C)CC(C)C)cn1. The van der Waals surface area contributed by atoms with Crippen molar-refractivity contribution in [1.82, 2.24) is 10.3 Å². The number of aromatic nitrogens is 1. The number of nitrogens with one attached hydrogen (secondary N) is 1. The topological polar surface area (TPSA) is 28.2 Å². The van der Waals surface area contributed by atoms with E-state index in [4.69, 9.17) is 0 Å².